The topological polar surface area (TPSA) is 0 Å². The highest BCUT2D eigenvalue weighted by Gasteiger charge is 2.05. The van der Waals surface area contributed by atoms with E-state index in [1.807, 2.05) is 11.3 Å². The summed E-state index contributed by atoms with van der Waals surface area (Å²) in [5.41, 5.74) is 3.95. The molecule has 0 unspecified atom stereocenters. The lowest BCUT2D eigenvalue weighted by Crippen LogP contribution is -1.83. The molecule has 1 aromatic carbocycles. The van der Waals surface area contributed by atoms with Crippen LogP contribution in [-0.2, 0) is 5.88 Å². The van der Waals surface area contributed by atoms with Crippen LogP contribution in [0.1, 0.15) is 16.7 Å². The SMILES string of the molecule is Cc1csc2c(C)c(CCl)ccc12. The van der Waals surface area contributed by atoms with E-state index in [1.165, 1.54) is 26.8 Å². The number of rotatable bonds is 1. The van der Waals surface area contributed by atoms with Gasteiger partial charge in [-0.25, -0.2) is 0 Å². The number of aryl methyl sites for hydroxylation is 2. The normalized spacial score (nSPS) is 11.0. The molecule has 2 heteroatoms. The molecule has 0 saturated heterocycles. The van der Waals surface area contributed by atoms with Gasteiger partial charge in [-0.2, -0.15) is 0 Å². The standard InChI is InChI=1S/C11H11ClS/c1-7-6-13-11-8(2)9(5-12)3-4-10(7)11/h3-4,6H,5H2,1-2H3. The van der Waals surface area contributed by atoms with Gasteiger partial charge in [0.15, 0.2) is 0 Å². The van der Waals surface area contributed by atoms with E-state index in [0.29, 0.717) is 5.88 Å². The molecule has 13 heavy (non-hydrogen) atoms. The zero-order valence-corrected chi connectivity index (χ0v) is 9.30. The Kier molecular flexibility index (Phi) is 2.31. The third-order valence-electron chi connectivity index (χ3n) is 2.44. The first kappa shape index (κ1) is 9.04. The van der Waals surface area contributed by atoms with Gasteiger partial charge in [0, 0.05) is 10.6 Å². The molecule has 0 atom stereocenters. The van der Waals surface area contributed by atoms with Crippen molar-refractivity contribution in [3.63, 3.8) is 0 Å². The Morgan fingerprint density at radius 3 is 2.77 bits per heavy atom. The second-order valence-corrected chi connectivity index (χ2v) is 4.43. The second-order valence-electron chi connectivity index (χ2n) is 3.28. The molecule has 1 heterocycles. The van der Waals surface area contributed by atoms with Gasteiger partial charge < -0.3 is 0 Å². The van der Waals surface area contributed by atoms with E-state index in [-0.39, 0.29) is 0 Å². The average Bonchev–Trinajstić information content (AvgIpc) is 2.50. The van der Waals surface area contributed by atoms with Crippen molar-refractivity contribution in [2.45, 2.75) is 19.7 Å². The van der Waals surface area contributed by atoms with Gasteiger partial charge in [0.2, 0.25) is 0 Å². The number of fused-ring (bicyclic) bond motifs is 1. The molecule has 0 spiro atoms. The first-order valence-electron chi connectivity index (χ1n) is 4.26. The highest BCUT2D eigenvalue weighted by Crippen LogP contribution is 2.30. The Hall–Kier alpha value is -0.530. The molecule has 0 N–H and O–H groups in total. The van der Waals surface area contributed by atoms with Crippen LogP contribution in [0.3, 0.4) is 0 Å². The van der Waals surface area contributed by atoms with Gasteiger partial charge >= 0.3 is 0 Å². The van der Waals surface area contributed by atoms with Crippen LogP contribution >= 0.6 is 22.9 Å². The lowest BCUT2D eigenvalue weighted by molar-refractivity contribution is 1.34. The van der Waals surface area contributed by atoms with Crippen molar-refractivity contribution in [3.8, 4) is 0 Å². The first-order valence-corrected chi connectivity index (χ1v) is 5.67. The van der Waals surface area contributed by atoms with Crippen molar-refractivity contribution in [2.24, 2.45) is 0 Å². The maximum Gasteiger partial charge on any atom is 0.0477 e. The first-order chi connectivity index (χ1) is 6.24. The van der Waals surface area contributed by atoms with E-state index in [0.717, 1.165) is 0 Å². The number of alkyl halides is 1. The van der Waals surface area contributed by atoms with Crippen LogP contribution in [0.15, 0.2) is 17.5 Å². The fourth-order valence-corrected chi connectivity index (χ4v) is 2.93. The van der Waals surface area contributed by atoms with E-state index in [4.69, 9.17) is 11.6 Å². The van der Waals surface area contributed by atoms with Crippen molar-refractivity contribution in [2.75, 3.05) is 0 Å². The Balaban J connectivity index is 2.80. The Morgan fingerprint density at radius 1 is 1.31 bits per heavy atom. The van der Waals surface area contributed by atoms with Crippen molar-refractivity contribution < 1.29 is 0 Å². The largest absolute Gasteiger partial charge is 0.143 e. The monoisotopic (exact) mass is 210 g/mol. The Bertz CT molecular complexity index is 443. The predicted molar refractivity (Wildman–Crippen MR) is 60.9 cm³/mol. The second kappa shape index (κ2) is 3.32. The fourth-order valence-electron chi connectivity index (χ4n) is 1.55. The van der Waals surface area contributed by atoms with Crippen molar-refractivity contribution >= 4 is 33.0 Å². The average molecular weight is 211 g/mol. The summed E-state index contributed by atoms with van der Waals surface area (Å²) in [5, 5.41) is 3.58. The molecular weight excluding hydrogens is 200 g/mol. The van der Waals surface area contributed by atoms with E-state index in [9.17, 15) is 0 Å². The van der Waals surface area contributed by atoms with Gasteiger partial charge in [0.1, 0.15) is 0 Å². The summed E-state index contributed by atoms with van der Waals surface area (Å²) in [5.74, 6) is 0.610. The predicted octanol–water partition coefficient (Wildman–Crippen LogP) is 4.26. The van der Waals surface area contributed by atoms with E-state index in [1.54, 1.807) is 0 Å². The third kappa shape index (κ3) is 1.36. The van der Waals surface area contributed by atoms with E-state index in [2.05, 4.69) is 31.4 Å². The minimum Gasteiger partial charge on any atom is -0.143 e. The smallest absolute Gasteiger partial charge is 0.0477 e. The van der Waals surface area contributed by atoms with E-state index < -0.39 is 0 Å². The lowest BCUT2D eigenvalue weighted by Gasteiger charge is -2.02. The van der Waals surface area contributed by atoms with Crippen molar-refractivity contribution in [3.05, 3.63) is 34.2 Å². The van der Waals surface area contributed by atoms with E-state index >= 15 is 0 Å². The van der Waals surface area contributed by atoms with Crippen LogP contribution in [0.4, 0.5) is 0 Å². The van der Waals surface area contributed by atoms with Crippen LogP contribution in [0.2, 0.25) is 0 Å². The summed E-state index contributed by atoms with van der Waals surface area (Å²) >= 11 is 7.66. The van der Waals surface area contributed by atoms with Gasteiger partial charge in [-0.1, -0.05) is 12.1 Å². The molecule has 68 valence electrons. The maximum absolute atomic E-state index is 5.84. The Labute approximate surface area is 87.2 Å². The van der Waals surface area contributed by atoms with Crippen molar-refractivity contribution in [1.82, 2.24) is 0 Å². The summed E-state index contributed by atoms with van der Waals surface area (Å²) in [6.45, 7) is 4.30. The van der Waals surface area contributed by atoms with Crippen LogP contribution in [-0.4, -0.2) is 0 Å². The van der Waals surface area contributed by atoms with Crippen molar-refractivity contribution in [1.29, 1.82) is 0 Å². The summed E-state index contributed by atoms with van der Waals surface area (Å²) in [7, 11) is 0. The number of thiophene rings is 1. The van der Waals surface area contributed by atoms with Gasteiger partial charge in [-0.05, 0) is 41.3 Å². The van der Waals surface area contributed by atoms with Gasteiger partial charge in [-0.15, -0.1) is 22.9 Å². The number of hydrogen-bond donors (Lipinski definition) is 0. The van der Waals surface area contributed by atoms with Crippen LogP contribution in [0.5, 0.6) is 0 Å². The molecule has 0 saturated carbocycles. The molecule has 0 aliphatic heterocycles. The quantitative estimate of drug-likeness (QED) is 0.618. The van der Waals surface area contributed by atoms with Gasteiger partial charge in [-0.3, -0.25) is 0 Å². The Morgan fingerprint density at radius 2 is 2.08 bits per heavy atom. The lowest BCUT2D eigenvalue weighted by atomic mass is 10.1. The maximum atomic E-state index is 5.84. The van der Waals surface area contributed by atoms with Crippen LogP contribution in [0.25, 0.3) is 10.1 Å². The molecule has 1 aromatic heterocycles. The molecular formula is C11H11ClS. The van der Waals surface area contributed by atoms with Gasteiger partial charge in [0.05, 0.1) is 0 Å². The molecule has 0 bridgehead atoms. The summed E-state index contributed by atoms with van der Waals surface area (Å²) in [6, 6.07) is 4.30. The molecule has 0 radical (unpaired) electrons. The number of benzene rings is 1. The molecule has 0 nitrogen and oxygen atoms in total. The molecule has 2 aromatic rings. The zero-order valence-electron chi connectivity index (χ0n) is 7.73. The highest BCUT2D eigenvalue weighted by molar-refractivity contribution is 7.17. The minimum absolute atomic E-state index is 0.610. The highest BCUT2D eigenvalue weighted by atomic mass is 35.5. The molecule has 0 amide bonds. The van der Waals surface area contributed by atoms with Crippen LogP contribution in [0, 0.1) is 13.8 Å². The summed E-state index contributed by atoms with van der Waals surface area (Å²) < 4.78 is 1.38. The number of hydrogen-bond acceptors (Lipinski definition) is 1. The third-order valence-corrected chi connectivity index (χ3v) is 3.96. The zero-order chi connectivity index (χ0) is 9.42. The fraction of sp³-hybridized carbons (Fsp3) is 0.273. The molecule has 2 rings (SSSR count). The summed E-state index contributed by atoms with van der Waals surface area (Å²) in [6.07, 6.45) is 0. The van der Waals surface area contributed by atoms with Crippen LogP contribution < -0.4 is 0 Å². The molecule has 0 aliphatic rings. The number of halogens is 1. The minimum atomic E-state index is 0.610. The molecule has 0 aliphatic carbocycles. The summed E-state index contributed by atoms with van der Waals surface area (Å²) in [4.78, 5) is 0. The van der Waals surface area contributed by atoms with Gasteiger partial charge in [0.25, 0.3) is 0 Å². The molecule has 0 fully saturated rings.